The number of halogens is 2. The number of hydrogen-bond acceptors (Lipinski definition) is 2. The van der Waals surface area contributed by atoms with Crippen molar-refractivity contribution < 1.29 is 0 Å². The Balaban J connectivity index is 2.26. The molecule has 0 saturated heterocycles. The minimum absolute atomic E-state index is 0.162. The number of nitrogens with zero attached hydrogens (tertiary/aromatic N) is 1. The number of hydrogen-bond donors (Lipinski definition) is 1. The molecule has 0 saturated carbocycles. The summed E-state index contributed by atoms with van der Waals surface area (Å²) in [5.74, 6) is 0. The van der Waals surface area contributed by atoms with Gasteiger partial charge in [0.15, 0.2) is 0 Å². The molecule has 2 aromatic rings. The second-order valence-corrected chi connectivity index (χ2v) is 5.79. The topological polar surface area (TPSA) is 35.8 Å². The number of rotatable bonds is 4. The quantitative estimate of drug-likeness (QED) is 0.787. The van der Waals surface area contributed by atoms with E-state index in [1.165, 1.54) is 5.56 Å². The Labute approximate surface area is 132 Å². The molecule has 1 atom stereocenters. The summed E-state index contributed by atoms with van der Waals surface area (Å²) in [5.41, 5.74) is 2.58. The molecular formula is C16H14BrClN2. The van der Waals surface area contributed by atoms with Gasteiger partial charge in [-0.2, -0.15) is 5.26 Å². The lowest BCUT2D eigenvalue weighted by Gasteiger charge is -2.20. The lowest BCUT2D eigenvalue weighted by Crippen LogP contribution is -2.10. The van der Waals surface area contributed by atoms with Crippen molar-refractivity contribution in [2.45, 2.75) is 19.4 Å². The van der Waals surface area contributed by atoms with E-state index < -0.39 is 0 Å². The summed E-state index contributed by atoms with van der Waals surface area (Å²) in [6, 6.07) is 15.7. The van der Waals surface area contributed by atoms with Crippen molar-refractivity contribution in [3.05, 3.63) is 63.1 Å². The van der Waals surface area contributed by atoms with Gasteiger partial charge < -0.3 is 5.32 Å². The third-order valence-electron chi connectivity index (χ3n) is 3.11. The first-order valence-electron chi connectivity index (χ1n) is 6.35. The SMILES string of the molecule is CCC(Nc1cc(C#N)ccc1Cl)c1ccc(Br)cc1. The van der Waals surface area contributed by atoms with Crippen LogP contribution in [-0.2, 0) is 0 Å². The van der Waals surface area contributed by atoms with Gasteiger partial charge in [0.05, 0.1) is 28.4 Å². The maximum absolute atomic E-state index is 8.97. The number of benzene rings is 2. The van der Waals surface area contributed by atoms with Crippen LogP contribution in [0.15, 0.2) is 46.9 Å². The number of nitriles is 1. The third-order valence-corrected chi connectivity index (χ3v) is 3.96. The van der Waals surface area contributed by atoms with Gasteiger partial charge in [-0.3, -0.25) is 0 Å². The first-order chi connectivity index (χ1) is 9.63. The molecule has 2 aromatic carbocycles. The van der Waals surface area contributed by atoms with Gasteiger partial charge in [-0.05, 0) is 42.3 Å². The van der Waals surface area contributed by atoms with Crippen molar-refractivity contribution in [2.24, 2.45) is 0 Å². The summed E-state index contributed by atoms with van der Waals surface area (Å²) in [5, 5.41) is 13.0. The third kappa shape index (κ3) is 3.53. The van der Waals surface area contributed by atoms with Crippen molar-refractivity contribution >= 4 is 33.2 Å². The molecule has 1 unspecified atom stereocenters. The van der Waals surface area contributed by atoms with E-state index >= 15 is 0 Å². The molecule has 0 heterocycles. The van der Waals surface area contributed by atoms with Crippen molar-refractivity contribution in [1.29, 1.82) is 5.26 Å². The minimum Gasteiger partial charge on any atom is -0.377 e. The molecule has 0 aromatic heterocycles. The molecule has 0 aliphatic heterocycles. The van der Waals surface area contributed by atoms with E-state index in [1.807, 2.05) is 12.1 Å². The zero-order chi connectivity index (χ0) is 14.5. The molecule has 4 heteroatoms. The van der Waals surface area contributed by atoms with Crippen molar-refractivity contribution in [1.82, 2.24) is 0 Å². The molecule has 20 heavy (non-hydrogen) atoms. The molecule has 2 nitrogen and oxygen atoms in total. The van der Waals surface area contributed by atoms with Crippen LogP contribution in [0.3, 0.4) is 0 Å². The Morgan fingerprint density at radius 2 is 1.95 bits per heavy atom. The zero-order valence-electron chi connectivity index (χ0n) is 11.0. The van der Waals surface area contributed by atoms with Crippen LogP contribution in [0.5, 0.6) is 0 Å². The number of anilines is 1. The highest BCUT2D eigenvalue weighted by Crippen LogP contribution is 2.29. The molecule has 102 valence electrons. The maximum Gasteiger partial charge on any atom is 0.0992 e. The van der Waals surface area contributed by atoms with Crippen LogP contribution >= 0.6 is 27.5 Å². The molecule has 0 bridgehead atoms. The fourth-order valence-corrected chi connectivity index (χ4v) is 2.45. The molecule has 0 fully saturated rings. The summed E-state index contributed by atoms with van der Waals surface area (Å²) >= 11 is 9.62. The van der Waals surface area contributed by atoms with Crippen LogP contribution in [0.25, 0.3) is 0 Å². The standard InChI is InChI=1S/C16H14BrClN2/c1-2-15(12-4-6-13(17)7-5-12)20-16-9-11(10-19)3-8-14(16)18/h3-9,15,20H,2H2,1H3. The minimum atomic E-state index is 0.162. The van der Waals surface area contributed by atoms with E-state index in [9.17, 15) is 0 Å². The number of nitrogens with one attached hydrogen (secondary N) is 1. The molecule has 2 rings (SSSR count). The van der Waals surface area contributed by atoms with Gasteiger partial charge in [-0.1, -0.05) is 46.6 Å². The van der Waals surface area contributed by atoms with E-state index in [0.717, 1.165) is 16.6 Å². The van der Waals surface area contributed by atoms with Crippen LogP contribution in [-0.4, -0.2) is 0 Å². The Bertz CT molecular complexity index is 632. The van der Waals surface area contributed by atoms with Gasteiger partial charge in [-0.25, -0.2) is 0 Å². The summed E-state index contributed by atoms with van der Waals surface area (Å²) in [4.78, 5) is 0. The van der Waals surface area contributed by atoms with Gasteiger partial charge in [0.2, 0.25) is 0 Å². The van der Waals surface area contributed by atoms with Gasteiger partial charge in [0.25, 0.3) is 0 Å². The van der Waals surface area contributed by atoms with Crippen LogP contribution < -0.4 is 5.32 Å². The average Bonchev–Trinajstić information content (AvgIpc) is 2.47. The first kappa shape index (κ1) is 14.9. The maximum atomic E-state index is 8.97. The van der Waals surface area contributed by atoms with Gasteiger partial charge in [0, 0.05) is 4.47 Å². The Morgan fingerprint density at radius 1 is 1.25 bits per heavy atom. The Morgan fingerprint density at radius 3 is 2.55 bits per heavy atom. The van der Waals surface area contributed by atoms with Gasteiger partial charge in [-0.15, -0.1) is 0 Å². The highest BCUT2D eigenvalue weighted by atomic mass is 79.9. The largest absolute Gasteiger partial charge is 0.377 e. The molecular weight excluding hydrogens is 336 g/mol. The average molecular weight is 350 g/mol. The Kier molecular flexibility index (Phi) is 5.05. The van der Waals surface area contributed by atoms with Crippen molar-refractivity contribution in [3.63, 3.8) is 0 Å². The predicted molar refractivity (Wildman–Crippen MR) is 87.0 cm³/mol. The summed E-state index contributed by atoms with van der Waals surface area (Å²) < 4.78 is 1.06. The lowest BCUT2D eigenvalue weighted by atomic mass is 10.0. The van der Waals surface area contributed by atoms with E-state index in [1.54, 1.807) is 18.2 Å². The van der Waals surface area contributed by atoms with Crippen LogP contribution in [0.2, 0.25) is 5.02 Å². The smallest absolute Gasteiger partial charge is 0.0992 e. The fourth-order valence-electron chi connectivity index (χ4n) is 2.01. The second kappa shape index (κ2) is 6.78. The van der Waals surface area contributed by atoms with Crippen LogP contribution in [0.4, 0.5) is 5.69 Å². The molecule has 1 N–H and O–H groups in total. The summed E-state index contributed by atoms with van der Waals surface area (Å²) in [7, 11) is 0. The van der Waals surface area contributed by atoms with Crippen LogP contribution in [0, 0.1) is 11.3 Å². The molecule has 0 aliphatic carbocycles. The highest BCUT2D eigenvalue weighted by Gasteiger charge is 2.11. The molecule has 0 amide bonds. The molecule has 0 radical (unpaired) electrons. The predicted octanol–water partition coefficient (Wildman–Crippen LogP) is 5.54. The van der Waals surface area contributed by atoms with Crippen LogP contribution in [0.1, 0.15) is 30.5 Å². The fraction of sp³-hybridized carbons (Fsp3) is 0.188. The van der Waals surface area contributed by atoms with Crippen molar-refractivity contribution in [2.75, 3.05) is 5.32 Å². The summed E-state index contributed by atoms with van der Waals surface area (Å²) in [6.45, 7) is 2.11. The van der Waals surface area contributed by atoms with E-state index in [4.69, 9.17) is 16.9 Å². The second-order valence-electron chi connectivity index (χ2n) is 4.46. The van der Waals surface area contributed by atoms with E-state index in [0.29, 0.717) is 10.6 Å². The van der Waals surface area contributed by atoms with E-state index in [-0.39, 0.29) is 6.04 Å². The van der Waals surface area contributed by atoms with E-state index in [2.05, 4.69) is 46.4 Å². The Hall–Kier alpha value is -1.50. The first-order valence-corrected chi connectivity index (χ1v) is 7.52. The molecule has 0 aliphatic rings. The zero-order valence-corrected chi connectivity index (χ0v) is 13.4. The normalized spacial score (nSPS) is 11.7. The van der Waals surface area contributed by atoms with Gasteiger partial charge in [0.1, 0.15) is 0 Å². The molecule has 0 spiro atoms. The monoisotopic (exact) mass is 348 g/mol. The van der Waals surface area contributed by atoms with Gasteiger partial charge >= 0.3 is 0 Å². The summed E-state index contributed by atoms with van der Waals surface area (Å²) in [6.07, 6.45) is 0.925. The van der Waals surface area contributed by atoms with Crippen molar-refractivity contribution in [3.8, 4) is 6.07 Å². The highest BCUT2D eigenvalue weighted by molar-refractivity contribution is 9.10. The lowest BCUT2D eigenvalue weighted by molar-refractivity contribution is 0.749.